The molecule has 1 heterocycles. The van der Waals surface area contributed by atoms with Crippen molar-refractivity contribution < 1.29 is 9.90 Å². The molecule has 0 aromatic rings. The molecule has 2 fully saturated rings. The van der Waals surface area contributed by atoms with Crippen LogP contribution in [0.4, 0.5) is 0 Å². The molecule has 4 heteroatoms. The van der Waals surface area contributed by atoms with Crippen LogP contribution in [0.3, 0.4) is 0 Å². The SMILES string of the molecule is CN1CCN(C(=O)CCC2(C)CC2)C[C@H]1CCO. The fourth-order valence-corrected chi connectivity index (χ4v) is 2.66. The highest BCUT2D eigenvalue weighted by atomic mass is 16.3. The van der Waals surface area contributed by atoms with Gasteiger partial charge in [-0.25, -0.2) is 0 Å². The highest BCUT2D eigenvalue weighted by Gasteiger charge is 2.37. The zero-order valence-electron chi connectivity index (χ0n) is 11.7. The van der Waals surface area contributed by atoms with E-state index in [0.717, 1.165) is 32.5 Å². The Bertz CT molecular complexity index is 302. The van der Waals surface area contributed by atoms with Crippen molar-refractivity contribution in [3.63, 3.8) is 0 Å². The number of aliphatic hydroxyl groups excluding tert-OH is 1. The van der Waals surface area contributed by atoms with Crippen LogP contribution in [0.25, 0.3) is 0 Å². The molecular formula is C14H26N2O2. The second-order valence-electron chi connectivity index (χ2n) is 6.30. The van der Waals surface area contributed by atoms with Crippen LogP contribution in [0, 0.1) is 5.41 Å². The van der Waals surface area contributed by atoms with E-state index in [1.807, 2.05) is 4.90 Å². The standard InChI is InChI=1S/C14H26N2O2/c1-14(6-7-14)5-3-13(18)16-9-8-15(2)12(11-16)4-10-17/h12,17H,3-11H2,1-2H3/t12-/m1/s1. The van der Waals surface area contributed by atoms with E-state index < -0.39 is 0 Å². The number of hydrogen-bond donors (Lipinski definition) is 1. The average molecular weight is 254 g/mol. The minimum Gasteiger partial charge on any atom is -0.396 e. The lowest BCUT2D eigenvalue weighted by Crippen LogP contribution is -2.53. The van der Waals surface area contributed by atoms with Crippen molar-refractivity contribution in [2.45, 2.75) is 45.1 Å². The summed E-state index contributed by atoms with van der Waals surface area (Å²) in [6.07, 6.45) is 5.08. The summed E-state index contributed by atoms with van der Waals surface area (Å²) < 4.78 is 0. The molecule has 0 bridgehead atoms. The van der Waals surface area contributed by atoms with Gasteiger partial charge < -0.3 is 10.0 Å². The molecule has 1 aliphatic heterocycles. The molecule has 2 rings (SSSR count). The van der Waals surface area contributed by atoms with Gasteiger partial charge in [-0.05, 0) is 38.1 Å². The van der Waals surface area contributed by atoms with Crippen molar-refractivity contribution in [1.82, 2.24) is 9.80 Å². The van der Waals surface area contributed by atoms with Gasteiger partial charge in [0, 0.05) is 38.7 Å². The van der Waals surface area contributed by atoms with Crippen LogP contribution in [0.2, 0.25) is 0 Å². The molecule has 4 nitrogen and oxygen atoms in total. The summed E-state index contributed by atoms with van der Waals surface area (Å²) in [5.41, 5.74) is 0.465. The van der Waals surface area contributed by atoms with Gasteiger partial charge in [0.2, 0.25) is 5.91 Å². The lowest BCUT2D eigenvalue weighted by atomic mass is 10.0. The van der Waals surface area contributed by atoms with Crippen molar-refractivity contribution in [3.05, 3.63) is 0 Å². The molecule has 18 heavy (non-hydrogen) atoms. The number of likely N-dealkylation sites (N-methyl/N-ethyl adjacent to an activating group) is 1. The van der Waals surface area contributed by atoms with Crippen molar-refractivity contribution in [2.24, 2.45) is 5.41 Å². The summed E-state index contributed by atoms with van der Waals surface area (Å²) in [5, 5.41) is 9.05. The number of nitrogens with zero attached hydrogens (tertiary/aromatic N) is 2. The van der Waals surface area contributed by atoms with E-state index in [-0.39, 0.29) is 6.61 Å². The lowest BCUT2D eigenvalue weighted by molar-refractivity contribution is -0.134. The molecule has 0 unspecified atom stereocenters. The minimum atomic E-state index is 0.203. The van der Waals surface area contributed by atoms with Gasteiger partial charge in [0.05, 0.1) is 0 Å². The summed E-state index contributed by atoms with van der Waals surface area (Å²) >= 11 is 0. The van der Waals surface area contributed by atoms with Crippen LogP contribution in [0.15, 0.2) is 0 Å². The number of carbonyl (C=O) groups excluding carboxylic acids is 1. The molecule has 1 N–H and O–H groups in total. The highest BCUT2D eigenvalue weighted by molar-refractivity contribution is 5.76. The second kappa shape index (κ2) is 5.57. The van der Waals surface area contributed by atoms with Crippen LogP contribution >= 0.6 is 0 Å². The molecule has 1 aliphatic carbocycles. The Hall–Kier alpha value is -0.610. The van der Waals surface area contributed by atoms with E-state index in [4.69, 9.17) is 5.11 Å². The summed E-state index contributed by atoms with van der Waals surface area (Å²) in [6, 6.07) is 0.323. The smallest absolute Gasteiger partial charge is 0.222 e. The first kappa shape index (κ1) is 13.8. The third-order valence-electron chi connectivity index (χ3n) is 4.64. The minimum absolute atomic E-state index is 0.203. The topological polar surface area (TPSA) is 43.8 Å². The molecule has 0 aromatic carbocycles. The summed E-state index contributed by atoms with van der Waals surface area (Å²) in [7, 11) is 2.08. The van der Waals surface area contributed by atoms with Gasteiger partial charge in [-0.15, -0.1) is 0 Å². The van der Waals surface area contributed by atoms with Crippen molar-refractivity contribution in [2.75, 3.05) is 33.3 Å². The van der Waals surface area contributed by atoms with Gasteiger partial charge in [-0.2, -0.15) is 0 Å². The molecule has 1 atom stereocenters. The number of hydrogen-bond acceptors (Lipinski definition) is 3. The van der Waals surface area contributed by atoms with Gasteiger partial charge in [0.15, 0.2) is 0 Å². The predicted molar refractivity (Wildman–Crippen MR) is 71.3 cm³/mol. The molecule has 104 valence electrons. The van der Waals surface area contributed by atoms with E-state index in [2.05, 4.69) is 18.9 Å². The van der Waals surface area contributed by atoms with Gasteiger partial charge in [0.25, 0.3) is 0 Å². The Balaban J connectivity index is 1.78. The first-order chi connectivity index (χ1) is 8.54. The average Bonchev–Trinajstić information content (AvgIpc) is 3.08. The number of amides is 1. The number of aliphatic hydroxyl groups is 1. The van der Waals surface area contributed by atoms with Gasteiger partial charge >= 0.3 is 0 Å². The van der Waals surface area contributed by atoms with E-state index >= 15 is 0 Å². The van der Waals surface area contributed by atoms with Crippen molar-refractivity contribution in [1.29, 1.82) is 0 Å². The molecule has 1 amide bonds. The summed E-state index contributed by atoms with van der Waals surface area (Å²) in [5.74, 6) is 0.305. The zero-order valence-corrected chi connectivity index (χ0v) is 11.7. The van der Waals surface area contributed by atoms with Crippen molar-refractivity contribution in [3.8, 4) is 0 Å². The Morgan fingerprint density at radius 1 is 1.39 bits per heavy atom. The Labute approximate surface area is 110 Å². The van der Waals surface area contributed by atoms with Crippen LogP contribution in [-0.4, -0.2) is 60.1 Å². The molecule has 0 spiro atoms. The summed E-state index contributed by atoms with van der Waals surface area (Å²) in [6.45, 7) is 5.03. The van der Waals surface area contributed by atoms with E-state index in [0.29, 0.717) is 23.8 Å². The van der Waals surface area contributed by atoms with Crippen LogP contribution in [0.5, 0.6) is 0 Å². The van der Waals surface area contributed by atoms with E-state index in [1.54, 1.807) is 0 Å². The van der Waals surface area contributed by atoms with Gasteiger partial charge in [0.1, 0.15) is 0 Å². The lowest BCUT2D eigenvalue weighted by Gasteiger charge is -2.39. The maximum Gasteiger partial charge on any atom is 0.222 e. The third kappa shape index (κ3) is 3.45. The highest BCUT2D eigenvalue weighted by Crippen LogP contribution is 2.48. The molecular weight excluding hydrogens is 228 g/mol. The molecule has 1 saturated carbocycles. The monoisotopic (exact) mass is 254 g/mol. The molecule has 0 radical (unpaired) electrons. The quantitative estimate of drug-likeness (QED) is 0.799. The Morgan fingerprint density at radius 2 is 2.11 bits per heavy atom. The van der Waals surface area contributed by atoms with E-state index in [1.165, 1.54) is 12.8 Å². The number of carbonyl (C=O) groups is 1. The zero-order chi connectivity index (χ0) is 13.2. The molecule has 1 saturated heterocycles. The normalized spacial score (nSPS) is 27.3. The van der Waals surface area contributed by atoms with Crippen LogP contribution in [-0.2, 0) is 4.79 Å². The predicted octanol–water partition coefficient (Wildman–Crippen LogP) is 1.09. The Kier molecular flexibility index (Phi) is 4.28. The molecule has 0 aromatic heterocycles. The van der Waals surface area contributed by atoms with Crippen LogP contribution in [0.1, 0.15) is 39.0 Å². The van der Waals surface area contributed by atoms with Crippen molar-refractivity contribution >= 4 is 5.91 Å². The first-order valence-corrected chi connectivity index (χ1v) is 7.13. The maximum absolute atomic E-state index is 12.2. The second-order valence-corrected chi connectivity index (χ2v) is 6.30. The first-order valence-electron chi connectivity index (χ1n) is 7.13. The van der Waals surface area contributed by atoms with Crippen LogP contribution < -0.4 is 0 Å². The third-order valence-corrected chi connectivity index (χ3v) is 4.64. The summed E-state index contributed by atoms with van der Waals surface area (Å²) in [4.78, 5) is 16.4. The molecule has 2 aliphatic rings. The fourth-order valence-electron chi connectivity index (χ4n) is 2.66. The number of piperazine rings is 1. The van der Waals surface area contributed by atoms with Gasteiger partial charge in [-0.1, -0.05) is 6.92 Å². The maximum atomic E-state index is 12.2. The number of rotatable bonds is 5. The van der Waals surface area contributed by atoms with E-state index in [9.17, 15) is 4.79 Å². The largest absolute Gasteiger partial charge is 0.396 e. The fraction of sp³-hybridized carbons (Fsp3) is 0.929. The van der Waals surface area contributed by atoms with Gasteiger partial charge in [-0.3, -0.25) is 9.69 Å². The Morgan fingerprint density at radius 3 is 2.72 bits per heavy atom.